The summed E-state index contributed by atoms with van der Waals surface area (Å²) < 4.78 is 0. The lowest BCUT2D eigenvalue weighted by molar-refractivity contribution is 0.0549. The molecule has 0 aromatic carbocycles. The van der Waals surface area contributed by atoms with Crippen molar-refractivity contribution in [2.45, 2.75) is 38.7 Å². The number of carbonyl (C=O) groups is 1. The van der Waals surface area contributed by atoms with E-state index in [-0.39, 0.29) is 12.0 Å². The quantitative estimate of drug-likeness (QED) is 0.879. The highest BCUT2D eigenvalue weighted by molar-refractivity contribution is 7.12. The summed E-state index contributed by atoms with van der Waals surface area (Å²) in [5.41, 5.74) is 1.14. The van der Waals surface area contributed by atoms with Crippen LogP contribution in [0.25, 0.3) is 0 Å². The molecule has 2 heterocycles. The first-order valence-electron chi connectivity index (χ1n) is 6.14. The normalized spacial score (nSPS) is 17.8. The predicted octanol–water partition coefficient (Wildman–Crippen LogP) is 2.47. The van der Waals surface area contributed by atoms with E-state index in [1.807, 2.05) is 16.3 Å². The van der Waals surface area contributed by atoms with Crippen molar-refractivity contribution in [2.75, 3.05) is 13.1 Å². The number of hydrogen-bond acceptors (Lipinski definition) is 3. The van der Waals surface area contributed by atoms with Crippen molar-refractivity contribution in [1.82, 2.24) is 4.90 Å². The Balaban J connectivity index is 2.11. The molecule has 1 N–H and O–H groups in total. The minimum atomic E-state index is -0.230. The van der Waals surface area contributed by atoms with E-state index in [4.69, 9.17) is 0 Å². The summed E-state index contributed by atoms with van der Waals surface area (Å²) in [5, 5.41) is 11.4. The molecule has 1 saturated heterocycles. The predicted molar refractivity (Wildman–Crippen MR) is 69.6 cm³/mol. The zero-order chi connectivity index (χ0) is 12.4. The van der Waals surface area contributed by atoms with E-state index in [0.717, 1.165) is 10.4 Å². The Hall–Kier alpha value is -0.870. The monoisotopic (exact) mass is 253 g/mol. The largest absolute Gasteiger partial charge is 0.393 e. The van der Waals surface area contributed by atoms with Crippen molar-refractivity contribution >= 4 is 17.2 Å². The molecule has 1 aromatic heterocycles. The van der Waals surface area contributed by atoms with E-state index in [9.17, 15) is 9.90 Å². The third-order valence-electron chi connectivity index (χ3n) is 3.26. The van der Waals surface area contributed by atoms with Crippen molar-refractivity contribution in [3.05, 3.63) is 21.9 Å². The first kappa shape index (κ1) is 12.6. The number of likely N-dealkylation sites (tertiary alicyclic amines) is 1. The molecule has 0 aliphatic carbocycles. The third-order valence-corrected chi connectivity index (χ3v) is 4.18. The number of aliphatic hydroxyl groups excluding tert-OH is 1. The molecule has 1 fully saturated rings. The molecule has 1 aliphatic heterocycles. The number of thiophene rings is 1. The second-order valence-electron chi connectivity index (χ2n) is 4.88. The smallest absolute Gasteiger partial charge is 0.264 e. The Labute approximate surface area is 106 Å². The van der Waals surface area contributed by atoms with Gasteiger partial charge in [-0.05, 0) is 35.8 Å². The molecule has 17 heavy (non-hydrogen) atoms. The van der Waals surface area contributed by atoms with E-state index in [1.54, 1.807) is 0 Å². The van der Waals surface area contributed by atoms with Crippen LogP contribution in [-0.2, 0) is 0 Å². The molecule has 1 amide bonds. The number of nitrogens with zero attached hydrogens (tertiary/aromatic N) is 1. The zero-order valence-electron chi connectivity index (χ0n) is 10.3. The number of aliphatic hydroxyl groups is 1. The van der Waals surface area contributed by atoms with E-state index in [1.165, 1.54) is 11.3 Å². The topological polar surface area (TPSA) is 40.5 Å². The van der Waals surface area contributed by atoms with Gasteiger partial charge in [-0.25, -0.2) is 0 Å². The van der Waals surface area contributed by atoms with Gasteiger partial charge in [0.25, 0.3) is 5.91 Å². The summed E-state index contributed by atoms with van der Waals surface area (Å²) in [6.45, 7) is 5.57. The lowest BCUT2D eigenvalue weighted by Gasteiger charge is -2.29. The fraction of sp³-hybridized carbons (Fsp3) is 0.615. The molecule has 3 nitrogen and oxygen atoms in total. The average Bonchev–Trinajstić information content (AvgIpc) is 2.78. The summed E-state index contributed by atoms with van der Waals surface area (Å²) in [4.78, 5) is 15.1. The van der Waals surface area contributed by atoms with Crippen LogP contribution >= 0.6 is 11.3 Å². The Kier molecular flexibility index (Phi) is 3.84. The summed E-state index contributed by atoms with van der Waals surface area (Å²) in [7, 11) is 0. The molecule has 0 unspecified atom stereocenters. The lowest BCUT2D eigenvalue weighted by atomic mass is 10.0. The lowest BCUT2D eigenvalue weighted by Crippen LogP contribution is -2.40. The molecule has 94 valence electrons. The van der Waals surface area contributed by atoms with E-state index in [0.29, 0.717) is 31.8 Å². The van der Waals surface area contributed by atoms with Crippen LogP contribution < -0.4 is 0 Å². The van der Waals surface area contributed by atoms with Gasteiger partial charge >= 0.3 is 0 Å². The molecule has 0 saturated carbocycles. The maximum Gasteiger partial charge on any atom is 0.264 e. The molecule has 4 heteroatoms. The van der Waals surface area contributed by atoms with Crippen LogP contribution in [0.5, 0.6) is 0 Å². The highest BCUT2D eigenvalue weighted by atomic mass is 32.1. The fourth-order valence-electron chi connectivity index (χ4n) is 2.16. The number of hydrogen-bond donors (Lipinski definition) is 1. The molecule has 0 spiro atoms. The van der Waals surface area contributed by atoms with Gasteiger partial charge < -0.3 is 10.0 Å². The molecular formula is C13H19NO2S. The summed E-state index contributed by atoms with van der Waals surface area (Å²) >= 11 is 1.53. The van der Waals surface area contributed by atoms with Crippen molar-refractivity contribution in [2.24, 2.45) is 0 Å². The van der Waals surface area contributed by atoms with Gasteiger partial charge in [0.1, 0.15) is 0 Å². The molecule has 0 atom stereocenters. The minimum Gasteiger partial charge on any atom is -0.393 e. The van der Waals surface area contributed by atoms with Gasteiger partial charge in [-0.2, -0.15) is 0 Å². The number of piperidine rings is 1. The van der Waals surface area contributed by atoms with Gasteiger partial charge in [0.15, 0.2) is 0 Å². The SMILES string of the molecule is CC(C)c1ccsc1C(=O)N1CCC(O)CC1. The Morgan fingerprint density at radius 1 is 1.47 bits per heavy atom. The average molecular weight is 253 g/mol. The van der Waals surface area contributed by atoms with Gasteiger partial charge in [0, 0.05) is 13.1 Å². The van der Waals surface area contributed by atoms with Gasteiger partial charge in [-0.1, -0.05) is 13.8 Å². The maximum absolute atomic E-state index is 12.3. The molecule has 0 bridgehead atoms. The van der Waals surface area contributed by atoms with Crippen LogP contribution in [0.3, 0.4) is 0 Å². The fourth-order valence-corrected chi connectivity index (χ4v) is 3.18. The second kappa shape index (κ2) is 5.19. The highest BCUT2D eigenvalue weighted by Crippen LogP contribution is 2.26. The van der Waals surface area contributed by atoms with E-state index < -0.39 is 0 Å². The van der Waals surface area contributed by atoms with Crippen LogP contribution in [0.15, 0.2) is 11.4 Å². The van der Waals surface area contributed by atoms with Gasteiger partial charge in [-0.15, -0.1) is 11.3 Å². The Morgan fingerprint density at radius 3 is 2.71 bits per heavy atom. The first-order chi connectivity index (χ1) is 8.09. The van der Waals surface area contributed by atoms with Crippen molar-refractivity contribution in [3.8, 4) is 0 Å². The third kappa shape index (κ3) is 2.69. The number of rotatable bonds is 2. The standard InChI is InChI=1S/C13H19NO2S/c1-9(2)11-5-8-17-12(11)13(16)14-6-3-10(15)4-7-14/h5,8-10,15H,3-4,6-7H2,1-2H3. The van der Waals surface area contributed by atoms with Crippen LogP contribution in [0.4, 0.5) is 0 Å². The second-order valence-corrected chi connectivity index (χ2v) is 5.80. The summed E-state index contributed by atoms with van der Waals surface area (Å²) in [6, 6.07) is 2.04. The van der Waals surface area contributed by atoms with Crippen LogP contribution in [0, 0.1) is 0 Å². The molecule has 0 radical (unpaired) electrons. The highest BCUT2D eigenvalue weighted by Gasteiger charge is 2.25. The molecular weight excluding hydrogens is 234 g/mol. The van der Waals surface area contributed by atoms with Crippen molar-refractivity contribution in [3.63, 3.8) is 0 Å². The summed E-state index contributed by atoms with van der Waals surface area (Å²) in [6.07, 6.45) is 1.18. The molecule has 1 aromatic rings. The molecule has 2 rings (SSSR count). The van der Waals surface area contributed by atoms with Gasteiger partial charge in [0.05, 0.1) is 11.0 Å². The Bertz CT molecular complexity index is 392. The Morgan fingerprint density at radius 2 is 2.12 bits per heavy atom. The first-order valence-corrected chi connectivity index (χ1v) is 7.02. The van der Waals surface area contributed by atoms with Crippen LogP contribution in [0.1, 0.15) is 47.8 Å². The van der Waals surface area contributed by atoms with Crippen molar-refractivity contribution in [1.29, 1.82) is 0 Å². The van der Waals surface area contributed by atoms with Gasteiger partial charge in [-0.3, -0.25) is 4.79 Å². The number of amides is 1. The summed E-state index contributed by atoms with van der Waals surface area (Å²) in [5.74, 6) is 0.520. The zero-order valence-corrected chi connectivity index (χ0v) is 11.2. The minimum absolute atomic E-state index is 0.135. The van der Waals surface area contributed by atoms with Gasteiger partial charge in [0.2, 0.25) is 0 Å². The molecule has 1 aliphatic rings. The van der Waals surface area contributed by atoms with E-state index >= 15 is 0 Å². The van der Waals surface area contributed by atoms with Crippen LogP contribution in [0.2, 0.25) is 0 Å². The number of carbonyl (C=O) groups excluding carboxylic acids is 1. The van der Waals surface area contributed by atoms with Crippen LogP contribution in [-0.4, -0.2) is 35.1 Å². The van der Waals surface area contributed by atoms with Crippen molar-refractivity contribution < 1.29 is 9.90 Å². The maximum atomic E-state index is 12.3. The van der Waals surface area contributed by atoms with E-state index in [2.05, 4.69) is 13.8 Å².